The second kappa shape index (κ2) is 6.29. The van der Waals surface area contributed by atoms with Crippen LogP contribution in [0.25, 0.3) is 11.4 Å². The van der Waals surface area contributed by atoms with Crippen molar-refractivity contribution < 1.29 is 5.11 Å². The van der Waals surface area contributed by atoms with E-state index >= 15 is 0 Å². The third-order valence-corrected chi connectivity index (χ3v) is 2.70. The topological polar surface area (TPSA) is 58.0 Å². The van der Waals surface area contributed by atoms with Crippen LogP contribution in [0.3, 0.4) is 0 Å². The van der Waals surface area contributed by atoms with Gasteiger partial charge < -0.3 is 10.4 Å². The largest absolute Gasteiger partial charge is 0.508 e. The molecule has 0 aliphatic heterocycles. The fourth-order valence-corrected chi connectivity index (χ4v) is 1.73. The molecule has 1 aromatic carbocycles. The van der Waals surface area contributed by atoms with E-state index in [1.165, 1.54) is 0 Å². The molecule has 0 amide bonds. The molecule has 0 unspecified atom stereocenters. The maximum atomic E-state index is 9.28. The molecule has 1 heterocycles. The summed E-state index contributed by atoms with van der Waals surface area (Å²) in [5.41, 5.74) is 1.88. The Kier molecular flexibility index (Phi) is 4.47. The van der Waals surface area contributed by atoms with E-state index in [1.54, 1.807) is 18.3 Å². The molecule has 1 aromatic heterocycles. The van der Waals surface area contributed by atoms with Crippen molar-refractivity contribution in [3.05, 3.63) is 42.2 Å². The number of phenolic OH excluding ortho intramolecular Hbond substituents is 1. The summed E-state index contributed by atoms with van der Waals surface area (Å²) >= 11 is 0. The number of benzene rings is 1. The SMILES string of the molecule is CC(C)CNCc1ccnc(-c2ccc(O)cc2)n1. The average Bonchev–Trinajstić information content (AvgIpc) is 2.39. The van der Waals surface area contributed by atoms with Gasteiger partial charge in [-0.25, -0.2) is 9.97 Å². The highest BCUT2D eigenvalue weighted by Gasteiger charge is 2.03. The molecule has 0 saturated heterocycles. The molecule has 0 radical (unpaired) electrons. The van der Waals surface area contributed by atoms with Gasteiger partial charge in [0, 0.05) is 18.3 Å². The van der Waals surface area contributed by atoms with E-state index in [-0.39, 0.29) is 5.75 Å². The van der Waals surface area contributed by atoms with Crippen molar-refractivity contribution in [3.8, 4) is 17.1 Å². The molecule has 2 aromatic rings. The summed E-state index contributed by atoms with van der Waals surface area (Å²) in [4.78, 5) is 8.78. The van der Waals surface area contributed by atoms with Crippen LogP contribution in [0.5, 0.6) is 5.75 Å². The number of hydrogen-bond acceptors (Lipinski definition) is 4. The molecule has 2 N–H and O–H groups in total. The quantitative estimate of drug-likeness (QED) is 0.864. The Balaban J connectivity index is 2.08. The molecule has 0 fully saturated rings. The fourth-order valence-electron chi connectivity index (χ4n) is 1.73. The molecule has 100 valence electrons. The molecule has 0 aliphatic carbocycles. The van der Waals surface area contributed by atoms with Gasteiger partial charge in [-0.05, 0) is 42.8 Å². The number of phenols is 1. The van der Waals surface area contributed by atoms with Gasteiger partial charge in [-0.1, -0.05) is 13.8 Å². The summed E-state index contributed by atoms with van der Waals surface area (Å²) in [5.74, 6) is 1.56. The monoisotopic (exact) mass is 257 g/mol. The molecule has 0 spiro atoms. The molecule has 4 nitrogen and oxygen atoms in total. The summed E-state index contributed by atoms with van der Waals surface area (Å²) in [6, 6.07) is 8.83. The van der Waals surface area contributed by atoms with Crippen molar-refractivity contribution in [1.82, 2.24) is 15.3 Å². The van der Waals surface area contributed by atoms with E-state index in [9.17, 15) is 5.11 Å². The Morgan fingerprint density at radius 1 is 1.16 bits per heavy atom. The second-order valence-corrected chi connectivity index (χ2v) is 4.94. The molecular weight excluding hydrogens is 238 g/mol. The summed E-state index contributed by atoms with van der Waals surface area (Å²) in [6.45, 7) is 6.06. The van der Waals surface area contributed by atoms with Gasteiger partial charge in [-0.15, -0.1) is 0 Å². The second-order valence-electron chi connectivity index (χ2n) is 4.94. The number of rotatable bonds is 5. The molecule has 0 aliphatic rings. The van der Waals surface area contributed by atoms with Crippen LogP contribution in [0.4, 0.5) is 0 Å². The number of aromatic nitrogens is 2. The van der Waals surface area contributed by atoms with E-state index in [0.717, 1.165) is 24.3 Å². The minimum Gasteiger partial charge on any atom is -0.508 e. The number of nitrogens with one attached hydrogen (secondary N) is 1. The smallest absolute Gasteiger partial charge is 0.159 e. The maximum absolute atomic E-state index is 9.28. The highest BCUT2D eigenvalue weighted by molar-refractivity contribution is 5.55. The van der Waals surface area contributed by atoms with Crippen molar-refractivity contribution >= 4 is 0 Å². The maximum Gasteiger partial charge on any atom is 0.159 e. The zero-order valence-electron chi connectivity index (χ0n) is 11.3. The van der Waals surface area contributed by atoms with Gasteiger partial charge in [0.15, 0.2) is 5.82 Å². The van der Waals surface area contributed by atoms with Crippen LogP contribution in [-0.4, -0.2) is 21.6 Å². The lowest BCUT2D eigenvalue weighted by atomic mass is 10.2. The van der Waals surface area contributed by atoms with E-state index in [4.69, 9.17) is 0 Å². The Bertz CT molecular complexity index is 523. The van der Waals surface area contributed by atoms with Crippen LogP contribution in [0, 0.1) is 5.92 Å². The van der Waals surface area contributed by atoms with E-state index in [2.05, 4.69) is 29.1 Å². The van der Waals surface area contributed by atoms with Crippen LogP contribution < -0.4 is 5.32 Å². The molecule has 4 heteroatoms. The van der Waals surface area contributed by atoms with Crippen LogP contribution in [0.15, 0.2) is 36.5 Å². The van der Waals surface area contributed by atoms with Gasteiger partial charge in [0.05, 0.1) is 5.69 Å². The molecule has 19 heavy (non-hydrogen) atoms. The lowest BCUT2D eigenvalue weighted by molar-refractivity contribution is 0.475. The number of nitrogens with zero attached hydrogens (tertiary/aromatic N) is 2. The molecule has 0 saturated carbocycles. The highest BCUT2D eigenvalue weighted by atomic mass is 16.3. The van der Waals surface area contributed by atoms with Gasteiger partial charge in [-0.3, -0.25) is 0 Å². The van der Waals surface area contributed by atoms with Gasteiger partial charge >= 0.3 is 0 Å². The number of aromatic hydroxyl groups is 1. The Labute approximate surface area is 113 Å². The van der Waals surface area contributed by atoms with Crippen molar-refractivity contribution in [1.29, 1.82) is 0 Å². The Morgan fingerprint density at radius 2 is 1.89 bits per heavy atom. The summed E-state index contributed by atoms with van der Waals surface area (Å²) in [7, 11) is 0. The molecule has 0 atom stereocenters. The van der Waals surface area contributed by atoms with Gasteiger partial charge in [0.1, 0.15) is 5.75 Å². The van der Waals surface area contributed by atoms with Crippen LogP contribution in [0.1, 0.15) is 19.5 Å². The van der Waals surface area contributed by atoms with Crippen LogP contribution in [0.2, 0.25) is 0 Å². The third kappa shape index (κ3) is 4.03. The lowest BCUT2D eigenvalue weighted by Gasteiger charge is -2.07. The van der Waals surface area contributed by atoms with Gasteiger partial charge in [-0.2, -0.15) is 0 Å². The Morgan fingerprint density at radius 3 is 2.58 bits per heavy atom. The fraction of sp³-hybridized carbons (Fsp3) is 0.333. The van der Waals surface area contributed by atoms with E-state index in [0.29, 0.717) is 11.7 Å². The van der Waals surface area contributed by atoms with Crippen molar-refractivity contribution in [2.24, 2.45) is 5.92 Å². The normalized spacial score (nSPS) is 10.9. The first-order valence-electron chi connectivity index (χ1n) is 6.47. The highest BCUT2D eigenvalue weighted by Crippen LogP contribution is 2.18. The predicted octanol–water partition coefficient (Wildman–Crippen LogP) is 2.59. The predicted molar refractivity (Wildman–Crippen MR) is 75.7 cm³/mol. The van der Waals surface area contributed by atoms with Crippen molar-refractivity contribution in [2.75, 3.05) is 6.54 Å². The number of hydrogen-bond donors (Lipinski definition) is 2. The standard InChI is InChI=1S/C15H19N3O/c1-11(2)9-16-10-13-7-8-17-15(18-13)12-3-5-14(19)6-4-12/h3-8,11,16,19H,9-10H2,1-2H3. The van der Waals surface area contributed by atoms with E-state index in [1.807, 2.05) is 18.2 Å². The minimum absolute atomic E-state index is 0.249. The first kappa shape index (κ1) is 13.5. The van der Waals surface area contributed by atoms with Crippen molar-refractivity contribution in [3.63, 3.8) is 0 Å². The zero-order chi connectivity index (χ0) is 13.7. The van der Waals surface area contributed by atoms with Crippen LogP contribution >= 0.6 is 0 Å². The summed E-state index contributed by atoms with van der Waals surface area (Å²) in [6.07, 6.45) is 1.77. The van der Waals surface area contributed by atoms with Crippen molar-refractivity contribution in [2.45, 2.75) is 20.4 Å². The van der Waals surface area contributed by atoms with E-state index < -0.39 is 0 Å². The van der Waals surface area contributed by atoms with Gasteiger partial charge in [0.25, 0.3) is 0 Å². The zero-order valence-corrected chi connectivity index (χ0v) is 11.3. The summed E-state index contributed by atoms with van der Waals surface area (Å²) in [5, 5.41) is 12.6. The third-order valence-electron chi connectivity index (χ3n) is 2.70. The molecule has 0 bridgehead atoms. The Hall–Kier alpha value is -1.94. The van der Waals surface area contributed by atoms with Crippen LogP contribution in [-0.2, 0) is 6.54 Å². The molecule has 2 rings (SSSR count). The first-order valence-corrected chi connectivity index (χ1v) is 6.47. The minimum atomic E-state index is 0.249. The lowest BCUT2D eigenvalue weighted by Crippen LogP contribution is -2.19. The molecular formula is C15H19N3O. The first-order chi connectivity index (χ1) is 9.15. The van der Waals surface area contributed by atoms with Gasteiger partial charge in [0.2, 0.25) is 0 Å². The average molecular weight is 257 g/mol. The summed E-state index contributed by atoms with van der Waals surface area (Å²) < 4.78 is 0.